The lowest BCUT2D eigenvalue weighted by atomic mass is 10.2. The molecule has 0 atom stereocenters. The largest absolute Gasteiger partial charge is 0.415 e. The van der Waals surface area contributed by atoms with Crippen molar-refractivity contribution in [2.75, 3.05) is 38.1 Å². The zero-order valence-corrected chi connectivity index (χ0v) is 17.6. The van der Waals surface area contributed by atoms with Crippen LogP contribution in [0.15, 0.2) is 40.9 Å². The van der Waals surface area contributed by atoms with E-state index in [-0.39, 0.29) is 24.2 Å². The molecule has 1 fully saturated rings. The number of carbonyl (C=O) groups excluding carboxylic acids is 1. The van der Waals surface area contributed by atoms with E-state index in [9.17, 15) is 22.4 Å². The highest BCUT2D eigenvalue weighted by Crippen LogP contribution is 2.25. The molecule has 1 aromatic carbocycles. The first-order chi connectivity index (χ1) is 15.8. The molecule has 8 nitrogen and oxygen atoms in total. The third-order valence-electron chi connectivity index (χ3n) is 5.24. The van der Waals surface area contributed by atoms with Crippen LogP contribution in [0, 0.1) is 11.6 Å². The van der Waals surface area contributed by atoms with Gasteiger partial charge < -0.3 is 14.2 Å². The lowest BCUT2D eigenvalue weighted by molar-refractivity contribution is 0.116. The van der Waals surface area contributed by atoms with Gasteiger partial charge in [-0.25, -0.2) is 13.6 Å². The van der Waals surface area contributed by atoms with Gasteiger partial charge in [-0.3, -0.25) is 9.88 Å². The van der Waals surface area contributed by atoms with Crippen molar-refractivity contribution in [1.82, 2.24) is 25.0 Å². The molecule has 1 aliphatic heterocycles. The van der Waals surface area contributed by atoms with Crippen molar-refractivity contribution in [3.05, 3.63) is 59.7 Å². The van der Waals surface area contributed by atoms with Gasteiger partial charge in [0.15, 0.2) is 11.6 Å². The Morgan fingerprint density at radius 3 is 2.45 bits per heavy atom. The molecular weight excluding hydrogens is 444 g/mol. The summed E-state index contributed by atoms with van der Waals surface area (Å²) in [7, 11) is 1.95. The Kier molecular flexibility index (Phi) is 6.54. The number of hydrogen-bond acceptors (Lipinski definition) is 6. The number of carbonyl (C=O) groups is 1. The van der Waals surface area contributed by atoms with Crippen molar-refractivity contribution in [3.8, 4) is 11.5 Å². The van der Waals surface area contributed by atoms with Crippen LogP contribution in [0.3, 0.4) is 0 Å². The molecule has 3 aromatic rings. The second kappa shape index (κ2) is 9.53. The molecule has 174 valence electrons. The van der Waals surface area contributed by atoms with Crippen LogP contribution >= 0.6 is 0 Å². The Hall–Kier alpha value is -3.54. The SMILES string of the molecule is CN1CCN(C(=O)N(Cc2ccc(-c3nnc(C(F)F)o3)cn2)c2ccc(F)c(F)c2)CC1. The van der Waals surface area contributed by atoms with Crippen LogP contribution in [0.1, 0.15) is 18.0 Å². The average molecular weight is 464 g/mol. The van der Waals surface area contributed by atoms with Crippen LogP contribution in [-0.2, 0) is 6.54 Å². The summed E-state index contributed by atoms with van der Waals surface area (Å²) >= 11 is 0. The van der Waals surface area contributed by atoms with Crippen molar-refractivity contribution >= 4 is 11.7 Å². The van der Waals surface area contributed by atoms with Crippen LogP contribution in [0.25, 0.3) is 11.5 Å². The zero-order valence-electron chi connectivity index (χ0n) is 17.6. The first-order valence-electron chi connectivity index (χ1n) is 10.1. The van der Waals surface area contributed by atoms with Crippen molar-refractivity contribution in [3.63, 3.8) is 0 Å². The van der Waals surface area contributed by atoms with Crippen LogP contribution in [0.2, 0.25) is 0 Å². The predicted octanol–water partition coefficient (Wildman–Crippen LogP) is 3.72. The fraction of sp³-hybridized carbons (Fsp3) is 0.333. The van der Waals surface area contributed by atoms with Crippen LogP contribution < -0.4 is 4.90 Å². The van der Waals surface area contributed by atoms with Gasteiger partial charge in [-0.2, -0.15) is 8.78 Å². The molecular formula is C21H20F4N6O2. The third-order valence-corrected chi connectivity index (χ3v) is 5.24. The van der Waals surface area contributed by atoms with Gasteiger partial charge in [0.05, 0.1) is 17.8 Å². The number of rotatable bonds is 5. The predicted molar refractivity (Wildman–Crippen MR) is 109 cm³/mol. The Morgan fingerprint density at radius 2 is 1.85 bits per heavy atom. The van der Waals surface area contributed by atoms with Crippen molar-refractivity contribution in [2.24, 2.45) is 0 Å². The molecule has 1 aliphatic rings. The Labute approximate surface area is 186 Å². The number of hydrogen-bond donors (Lipinski definition) is 0. The van der Waals surface area contributed by atoms with Gasteiger partial charge in [0.2, 0.25) is 5.89 Å². The summed E-state index contributed by atoms with van der Waals surface area (Å²) in [6.07, 6.45) is -1.54. The fourth-order valence-electron chi connectivity index (χ4n) is 3.34. The summed E-state index contributed by atoms with van der Waals surface area (Å²) in [6.45, 7) is 2.34. The van der Waals surface area contributed by atoms with Crippen LogP contribution in [-0.4, -0.2) is 64.2 Å². The molecule has 3 heterocycles. The second-order valence-corrected chi connectivity index (χ2v) is 7.54. The molecule has 2 amide bonds. The minimum Gasteiger partial charge on any atom is -0.415 e. The van der Waals surface area contributed by atoms with Gasteiger partial charge in [0.25, 0.3) is 5.89 Å². The molecule has 0 N–H and O–H groups in total. The van der Waals surface area contributed by atoms with E-state index < -0.39 is 24.0 Å². The molecule has 0 saturated carbocycles. The standard InChI is InChI=1S/C21H20F4N6O2/c1-29-6-8-30(9-7-29)21(32)31(15-4-5-16(22)17(23)10-15)12-14-3-2-13(11-26-14)19-27-28-20(33-19)18(24)25/h2-5,10-11,18H,6-9,12H2,1H3. The summed E-state index contributed by atoms with van der Waals surface area (Å²) in [6, 6.07) is 5.98. The van der Waals surface area contributed by atoms with E-state index >= 15 is 0 Å². The van der Waals surface area contributed by atoms with Crippen LogP contribution in [0.4, 0.5) is 28.0 Å². The first-order valence-corrected chi connectivity index (χ1v) is 10.1. The topological polar surface area (TPSA) is 78.6 Å². The van der Waals surface area contributed by atoms with Crippen molar-refractivity contribution < 1.29 is 26.8 Å². The van der Waals surface area contributed by atoms with E-state index in [0.717, 1.165) is 12.1 Å². The van der Waals surface area contributed by atoms with E-state index in [1.54, 1.807) is 11.0 Å². The minimum atomic E-state index is -2.89. The molecule has 12 heteroatoms. The Bertz CT molecular complexity index is 1120. The molecule has 4 rings (SSSR count). The number of benzene rings is 1. The lowest BCUT2D eigenvalue weighted by Crippen LogP contribution is -2.52. The molecule has 2 aromatic heterocycles. The smallest absolute Gasteiger partial charge is 0.324 e. The van der Waals surface area contributed by atoms with E-state index in [2.05, 4.69) is 20.1 Å². The normalized spacial score (nSPS) is 14.7. The van der Waals surface area contributed by atoms with Gasteiger partial charge in [-0.1, -0.05) is 0 Å². The van der Waals surface area contributed by atoms with E-state index in [1.807, 2.05) is 7.05 Å². The fourth-order valence-corrected chi connectivity index (χ4v) is 3.34. The lowest BCUT2D eigenvalue weighted by Gasteiger charge is -2.36. The van der Waals surface area contributed by atoms with Gasteiger partial charge >= 0.3 is 12.5 Å². The number of amides is 2. The zero-order chi connectivity index (χ0) is 23.5. The summed E-state index contributed by atoms with van der Waals surface area (Å²) in [5, 5.41) is 6.85. The number of piperazine rings is 1. The highest BCUT2D eigenvalue weighted by atomic mass is 19.3. The molecule has 0 bridgehead atoms. The second-order valence-electron chi connectivity index (χ2n) is 7.54. The maximum Gasteiger partial charge on any atom is 0.324 e. The highest BCUT2D eigenvalue weighted by Gasteiger charge is 2.26. The summed E-state index contributed by atoms with van der Waals surface area (Å²) in [4.78, 5) is 22.5. The maximum absolute atomic E-state index is 13.9. The molecule has 0 unspecified atom stereocenters. The molecule has 0 spiro atoms. The number of pyridine rings is 1. The quantitative estimate of drug-likeness (QED) is 0.536. The summed E-state index contributed by atoms with van der Waals surface area (Å²) < 4.78 is 57.6. The van der Waals surface area contributed by atoms with Crippen molar-refractivity contribution in [1.29, 1.82) is 0 Å². The number of likely N-dealkylation sites (N-methyl/N-ethyl adjacent to an activating group) is 1. The average Bonchev–Trinajstić information content (AvgIpc) is 3.31. The Balaban J connectivity index is 1.57. The van der Waals surface area contributed by atoms with Gasteiger partial charge in [0, 0.05) is 44.1 Å². The number of nitrogens with zero attached hydrogens (tertiary/aromatic N) is 6. The number of halogens is 4. The van der Waals surface area contributed by atoms with E-state index in [1.165, 1.54) is 23.2 Å². The number of urea groups is 1. The van der Waals surface area contributed by atoms with Gasteiger partial charge in [0.1, 0.15) is 0 Å². The number of anilines is 1. The maximum atomic E-state index is 13.9. The molecule has 1 saturated heterocycles. The van der Waals surface area contributed by atoms with Gasteiger partial charge in [-0.15, -0.1) is 10.2 Å². The van der Waals surface area contributed by atoms with Crippen molar-refractivity contribution in [2.45, 2.75) is 13.0 Å². The monoisotopic (exact) mass is 464 g/mol. The summed E-state index contributed by atoms with van der Waals surface area (Å²) in [5.41, 5.74) is 0.935. The van der Waals surface area contributed by atoms with E-state index in [0.29, 0.717) is 37.4 Å². The Morgan fingerprint density at radius 1 is 1.09 bits per heavy atom. The minimum absolute atomic E-state index is 0.0252. The number of aromatic nitrogens is 3. The number of alkyl halides is 2. The highest BCUT2D eigenvalue weighted by molar-refractivity contribution is 5.92. The molecule has 0 aliphatic carbocycles. The summed E-state index contributed by atoms with van der Waals surface area (Å²) in [5.74, 6) is -3.00. The van der Waals surface area contributed by atoms with E-state index in [4.69, 9.17) is 4.42 Å². The molecule has 0 radical (unpaired) electrons. The molecule has 33 heavy (non-hydrogen) atoms. The van der Waals surface area contributed by atoms with Crippen LogP contribution in [0.5, 0.6) is 0 Å². The van der Waals surface area contributed by atoms with Gasteiger partial charge in [-0.05, 0) is 31.3 Å². The third kappa shape index (κ3) is 5.11. The first kappa shape index (κ1) is 22.6.